The number of aryl methyl sites for hydroxylation is 1. The molecule has 0 atom stereocenters. The van der Waals surface area contributed by atoms with Crippen LogP contribution in [0.1, 0.15) is 41.3 Å². The van der Waals surface area contributed by atoms with Crippen molar-refractivity contribution >= 4 is 17.4 Å². The van der Waals surface area contributed by atoms with Crippen molar-refractivity contribution in [3.63, 3.8) is 0 Å². The molecule has 180 valence electrons. The number of aromatic nitrogens is 3. The average Bonchev–Trinajstić information content (AvgIpc) is 3.25. The highest BCUT2D eigenvalue weighted by molar-refractivity contribution is 6.04. The summed E-state index contributed by atoms with van der Waals surface area (Å²) in [6.45, 7) is 8.72. The van der Waals surface area contributed by atoms with Crippen LogP contribution in [0, 0.1) is 12.7 Å². The van der Waals surface area contributed by atoms with Crippen LogP contribution in [0.5, 0.6) is 0 Å². The molecule has 0 N–H and O–H groups in total. The number of nitrogens with zero attached hydrogens (tertiary/aromatic N) is 5. The number of hydrogen-bond donors (Lipinski definition) is 0. The molecule has 0 aliphatic heterocycles. The number of hydrogen-bond acceptors (Lipinski definition) is 4. The first-order valence-electron chi connectivity index (χ1n) is 11.8. The van der Waals surface area contributed by atoms with E-state index in [1.165, 1.54) is 12.1 Å². The van der Waals surface area contributed by atoms with Gasteiger partial charge in [-0.3, -0.25) is 4.79 Å². The second-order valence-corrected chi connectivity index (χ2v) is 8.35. The summed E-state index contributed by atoms with van der Waals surface area (Å²) in [5, 5.41) is 0. The lowest BCUT2D eigenvalue weighted by Crippen LogP contribution is -2.31. The molecule has 7 heteroatoms. The highest BCUT2D eigenvalue weighted by Crippen LogP contribution is 2.22. The zero-order valence-electron chi connectivity index (χ0n) is 20.4. The number of carbonyl (C=O) groups is 1. The van der Waals surface area contributed by atoms with E-state index < -0.39 is 0 Å². The van der Waals surface area contributed by atoms with Gasteiger partial charge in [-0.05, 0) is 62.2 Å². The molecule has 6 nitrogen and oxygen atoms in total. The van der Waals surface area contributed by atoms with E-state index >= 15 is 0 Å². The Morgan fingerprint density at radius 1 is 0.943 bits per heavy atom. The van der Waals surface area contributed by atoms with Crippen molar-refractivity contribution in [3.05, 3.63) is 108 Å². The molecule has 0 aliphatic carbocycles. The van der Waals surface area contributed by atoms with E-state index in [4.69, 9.17) is 0 Å². The number of pyridine rings is 1. The van der Waals surface area contributed by atoms with Gasteiger partial charge in [0.15, 0.2) is 0 Å². The molecular weight excluding hydrogens is 441 g/mol. The van der Waals surface area contributed by atoms with Gasteiger partial charge in [-0.2, -0.15) is 0 Å². The topological polar surface area (TPSA) is 54.3 Å². The Morgan fingerprint density at radius 3 is 2.29 bits per heavy atom. The van der Waals surface area contributed by atoms with Gasteiger partial charge in [0.1, 0.15) is 23.2 Å². The lowest BCUT2D eigenvalue weighted by atomic mass is 10.2. The fourth-order valence-electron chi connectivity index (χ4n) is 4.02. The maximum Gasteiger partial charge on any atom is 0.278 e. The summed E-state index contributed by atoms with van der Waals surface area (Å²) in [6.07, 6.45) is 3.57. The molecule has 0 radical (unpaired) electrons. The number of benzene rings is 2. The van der Waals surface area contributed by atoms with Gasteiger partial charge in [-0.25, -0.2) is 14.4 Å². The molecular formula is C28H30FN5O. The third-order valence-electron chi connectivity index (χ3n) is 6.01. The second-order valence-electron chi connectivity index (χ2n) is 8.35. The second kappa shape index (κ2) is 11.0. The summed E-state index contributed by atoms with van der Waals surface area (Å²) in [7, 11) is 0. The quantitative estimate of drug-likeness (QED) is 0.325. The minimum Gasteiger partial charge on any atom is -0.357 e. The molecule has 35 heavy (non-hydrogen) atoms. The molecule has 0 saturated heterocycles. The van der Waals surface area contributed by atoms with Crippen LogP contribution in [0.15, 0.2) is 79.1 Å². The SMILES string of the molecule is CCN(CC)c1ccc(CN(C(=O)c2cn(Cc3ccccc3)c(C)n2)c2ccc(F)cc2)cn1. The Kier molecular flexibility index (Phi) is 7.55. The predicted octanol–water partition coefficient (Wildman–Crippen LogP) is 5.47. The molecule has 2 aromatic heterocycles. The van der Waals surface area contributed by atoms with Crippen LogP contribution in [0.2, 0.25) is 0 Å². The fourth-order valence-corrected chi connectivity index (χ4v) is 4.02. The summed E-state index contributed by atoms with van der Waals surface area (Å²) in [5.74, 6) is 1.05. The molecule has 0 fully saturated rings. The summed E-state index contributed by atoms with van der Waals surface area (Å²) in [6, 6.07) is 19.9. The van der Waals surface area contributed by atoms with Crippen molar-refractivity contribution in [3.8, 4) is 0 Å². The van der Waals surface area contributed by atoms with E-state index in [0.29, 0.717) is 24.5 Å². The maximum atomic E-state index is 13.6. The van der Waals surface area contributed by atoms with E-state index in [0.717, 1.165) is 35.9 Å². The van der Waals surface area contributed by atoms with Gasteiger partial charge in [-0.15, -0.1) is 0 Å². The summed E-state index contributed by atoms with van der Waals surface area (Å²) in [4.78, 5) is 26.6. The smallest absolute Gasteiger partial charge is 0.278 e. The summed E-state index contributed by atoms with van der Waals surface area (Å²) < 4.78 is 15.6. The van der Waals surface area contributed by atoms with Crippen LogP contribution in [0.4, 0.5) is 15.9 Å². The number of carbonyl (C=O) groups excluding carboxylic acids is 1. The first kappa shape index (κ1) is 24.1. The third-order valence-corrected chi connectivity index (χ3v) is 6.01. The lowest BCUT2D eigenvalue weighted by molar-refractivity contribution is 0.0980. The van der Waals surface area contributed by atoms with Crippen molar-refractivity contribution in [2.45, 2.75) is 33.9 Å². The molecule has 2 aromatic carbocycles. The van der Waals surface area contributed by atoms with Crippen LogP contribution in [-0.2, 0) is 13.1 Å². The largest absolute Gasteiger partial charge is 0.357 e. The van der Waals surface area contributed by atoms with Crippen LogP contribution < -0.4 is 9.80 Å². The van der Waals surface area contributed by atoms with E-state index in [9.17, 15) is 9.18 Å². The lowest BCUT2D eigenvalue weighted by Gasteiger charge is -2.23. The monoisotopic (exact) mass is 471 g/mol. The number of imidazole rings is 1. The fraction of sp³-hybridized carbons (Fsp3) is 0.250. The Labute approximate surface area is 205 Å². The molecule has 0 unspecified atom stereocenters. The van der Waals surface area contributed by atoms with Crippen molar-refractivity contribution < 1.29 is 9.18 Å². The first-order chi connectivity index (χ1) is 17.0. The van der Waals surface area contributed by atoms with Gasteiger partial charge < -0.3 is 14.4 Å². The van der Waals surface area contributed by atoms with Crippen LogP contribution in [0.25, 0.3) is 0 Å². The Balaban J connectivity index is 1.61. The standard InChI is InChI=1S/C28H30FN5O/c1-4-32(5-2)27-16-11-23(17-30-27)19-34(25-14-12-24(29)13-15-25)28(35)26-20-33(21(3)31-26)18-22-9-7-6-8-10-22/h6-17,20H,4-5,18-19H2,1-3H3. The number of amides is 1. The molecule has 4 rings (SSSR count). The van der Waals surface area contributed by atoms with Gasteiger partial charge >= 0.3 is 0 Å². The Bertz CT molecular complexity index is 1250. The molecule has 4 aromatic rings. The van der Waals surface area contributed by atoms with Crippen LogP contribution in [0.3, 0.4) is 0 Å². The van der Waals surface area contributed by atoms with Gasteiger partial charge in [0.05, 0.1) is 6.54 Å². The predicted molar refractivity (Wildman–Crippen MR) is 137 cm³/mol. The number of halogens is 1. The summed E-state index contributed by atoms with van der Waals surface area (Å²) in [5.41, 5.74) is 2.94. The minimum absolute atomic E-state index is 0.251. The molecule has 0 aliphatic rings. The summed E-state index contributed by atoms with van der Waals surface area (Å²) >= 11 is 0. The molecule has 0 spiro atoms. The first-order valence-corrected chi connectivity index (χ1v) is 11.8. The van der Waals surface area contributed by atoms with E-state index in [1.807, 2.05) is 54.0 Å². The van der Waals surface area contributed by atoms with Crippen molar-refractivity contribution in [1.29, 1.82) is 0 Å². The highest BCUT2D eigenvalue weighted by atomic mass is 19.1. The maximum absolute atomic E-state index is 13.6. The highest BCUT2D eigenvalue weighted by Gasteiger charge is 2.22. The Hall–Kier alpha value is -4.00. The van der Waals surface area contributed by atoms with Gasteiger partial charge in [-0.1, -0.05) is 36.4 Å². The van der Waals surface area contributed by atoms with Gasteiger partial charge in [0.25, 0.3) is 5.91 Å². The normalized spacial score (nSPS) is 10.9. The van der Waals surface area contributed by atoms with Gasteiger partial charge in [0.2, 0.25) is 0 Å². The van der Waals surface area contributed by atoms with Crippen molar-refractivity contribution in [2.24, 2.45) is 0 Å². The average molecular weight is 472 g/mol. The Morgan fingerprint density at radius 2 is 1.66 bits per heavy atom. The molecule has 2 heterocycles. The molecule has 0 bridgehead atoms. The van der Waals surface area contributed by atoms with Gasteiger partial charge in [0, 0.05) is 37.7 Å². The van der Waals surface area contributed by atoms with Crippen LogP contribution >= 0.6 is 0 Å². The van der Waals surface area contributed by atoms with E-state index in [-0.39, 0.29) is 11.7 Å². The van der Waals surface area contributed by atoms with E-state index in [1.54, 1.807) is 29.4 Å². The van der Waals surface area contributed by atoms with Crippen molar-refractivity contribution in [1.82, 2.24) is 14.5 Å². The van der Waals surface area contributed by atoms with Crippen molar-refractivity contribution in [2.75, 3.05) is 22.9 Å². The third kappa shape index (κ3) is 5.74. The molecule has 1 amide bonds. The number of rotatable bonds is 9. The zero-order chi connectivity index (χ0) is 24.8. The number of anilines is 2. The zero-order valence-corrected chi connectivity index (χ0v) is 20.4. The molecule has 0 saturated carbocycles. The minimum atomic E-state index is -0.352. The van der Waals surface area contributed by atoms with Crippen LogP contribution in [-0.4, -0.2) is 33.5 Å². The van der Waals surface area contributed by atoms with E-state index in [2.05, 4.69) is 28.7 Å².